The molecule has 1 atom stereocenters. The number of rotatable bonds is 8. The van der Waals surface area contributed by atoms with Crippen molar-refractivity contribution >= 4 is 28.3 Å². The molecule has 2 heterocycles. The molecule has 0 radical (unpaired) electrons. The van der Waals surface area contributed by atoms with Crippen molar-refractivity contribution in [1.82, 2.24) is 15.3 Å². The second-order valence-electron chi connectivity index (χ2n) is 8.75. The number of ether oxygens (including phenoxy) is 2. The van der Waals surface area contributed by atoms with Gasteiger partial charge in [-0.05, 0) is 45.4 Å². The second-order valence-corrected chi connectivity index (χ2v) is 9.73. The zero-order valence-electron chi connectivity index (χ0n) is 20.1. The number of nitrogens with one attached hydrogen (secondary N) is 1. The van der Waals surface area contributed by atoms with E-state index in [1.807, 2.05) is 49.4 Å². The van der Waals surface area contributed by atoms with Crippen molar-refractivity contribution in [2.45, 2.75) is 45.9 Å². The first kappa shape index (κ1) is 25.3. The smallest absolute Gasteiger partial charge is 0.408 e. The van der Waals surface area contributed by atoms with Gasteiger partial charge in [0.15, 0.2) is 0 Å². The lowest BCUT2D eigenvalue weighted by molar-refractivity contribution is -0.122. The molecule has 9 heteroatoms. The lowest BCUT2D eigenvalue weighted by Crippen LogP contribution is -2.51. The van der Waals surface area contributed by atoms with Crippen LogP contribution in [0.1, 0.15) is 32.0 Å². The third kappa shape index (κ3) is 7.10. The molecule has 0 aliphatic rings. The highest BCUT2D eigenvalue weighted by molar-refractivity contribution is 7.19. The summed E-state index contributed by atoms with van der Waals surface area (Å²) in [6, 6.07) is 12.4. The molecule has 2 aromatic heterocycles. The van der Waals surface area contributed by atoms with Crippen LogP contribution in [0.15, 0.2) is 54.9 Å². The van der Waals surface area contributed by atoms with Gasteiger partial charge in [-0.2, -0.15) is 0 Å². The third-order valence-electron chi connectivity index (χ3n) is 4.70. The van der Waals surface area contributed by atoms with Gasteiger partial charge in [0.25, 0.3) is 5.91 Å². The minimum atomic E-state index is -0.938. The van der Waals surface area contributed by atoms with E-state index >= 15 is 0 Å². The fourth-order valence-electron chi connectivity index (χ4n) is 3.14. The van der Waals surface area contributed by atoms with E-state index in [9.17, 15) is 9.59 Å². The van der Waals surface area contributed by atoms with Gasteiger partial charge in [-0.25, -0.2) is 9.78 Å². The lowest BCUT2D eigenvalue weighted by Gasteiger charge is -2.26. The number of benzene rings is 1. The van der Waals surface area contributed by atoms with Gasteiger partial charge in [0.1, 0.15) is 21.7 Å². The number of anilines is 1. The van der Waals surface area contributed by atoms with Gasteiger partial charge >= 0.3 is 6.09 Å². The molecule has 1 N–H and O–H groups in total. The SMILES string of the molecule is Cc1nc(-c2cccnc2)sc1N(C)C(=O)[C@@H](COCc1ccccc1)NC(=O)OC(C)(C)C. The molecule has 34 heavy (non-hydrogen) atoms. The molecule has 180 valence electrons. The first-order valence-electron chi connectivity index (χ1n) is 10.9. The van der Waals surface area contributed by atoms with E-state index in [2.05, 4.69) is 15.3 Å². The number of carbonyl (C=O) groups is 2. The number of nitrogens with zero attached hydrogens (tertiary/aromatic N) is 3. The summed E-state index contributed by atoms with van der Waals surface area (Å²) in [4.78, 5) is 36.1. The first-order chi connectivity index (χ1) is 16.1. The Bertz CT molecular complexity index is 1100. The maximum atomic E-state index is 13.4. The van der Waals surface area contributed by atoms with Crippen molar-refractivity contribution in [3.8, 4) is 10.6 Å². The normalized spacial score (nSPS) is 12.1. The van der Waals surface area contributed by atoms with Crippen LogP contribution in [0.2, 0.25) is 0 Å². The number of hydrogen-bond acceptors (Lipinski definition) is 7. The second kappa shape index (κ2) is 11.2. The summed E-state index contributed by atoms with van der Waals surface area (Å²) in [5.74, 6) is -0.330. The van der Waals surface area contributed by atoms with Crippen LogP contribution < -0.4 is 10.2 Å². The quantitative estimate of drug-likeness (QED) is 0.505. The topological polar surface area (TPSA) is 93.7 Å². The number of alkyl carbamates (subject to hydrolysis) is 1. The molecule has 0 saturated carbocycles. The molecule has 0 fully saturated rings. The Balaban J connectivity index is 1.76. The Morgan fingerprint density at radius 2 is 1.88 bits per heavy atom. The van der Waals surface area contributed by atoms with E-state index < -0.39 is 17.7 Å². The first-order valence-corrected chi connectivity index (χ1v) is 11.7. The van der Waals surface area contributed by atoms with Crippen molar-refractivity contribution in [2.24, 2.45) is 0 Å². The summed E-state index contributed by atoms with van der Waals surface area (Å²) in [6.07, 6.45) is 2.75. The van der Waals surface area contributed by atoms with Crippen molar-refractivity contribution in [2.75, 3.05) is 18.6 Å². The van der Waals surface area contributed by atoms with Gasteiger partial charge in [0, 0.05) is 25.0 Å². The number of pyridine rings is 1. The Labute approximate surface area is 203 Å². The summed E-state index contributed by atoms with van der Waals surface area (Å²) in [5.41, 5.74) is 1.86. The fourth-order valence-corrected chi connectivity index (χ4v) is 4.16. The average Bonchev–Trinajstić information content (AvgIpc) is 3.19. The van der Waals surface area contributed by atoms with Crippen LogP contribution in [0.3, 0.4) is 0 Å². The monoisotopic (exact) mass is 482 g/mol. The molecule has 0 aliphatic heterocycles. The van der Waals surface area contributed by atoms with Gasteiger partial charge in [0.05, 0.1) is 18.9 Å². The van der Waals surface area contributed by atoms with Gasteiger partial charge in [0.2, 0.25) is 0 Å². The minimum absolute atomic E-state index is 0.00930. The Hall–Kier alpha value is -3.30. The molecule has 0 unspecified atom stereocenters. The number of carbonyl (C=O) groups excluding carboxylic acids is 2. The maximum Gasteiger partial charge on any atom is 0.408 e. The minimum Gasteiger partial charge on any atom is -0.444 e. The highest BCUT2D eigenvalue weighted by Crippen LogP contribution is 2.33. The van der Waals surface area contributed by atoms with E-state index in [1.165, 1.54) is 16.2 Å². The predicted molar refractivity (Wildman–Crippen MR) is 133 cm³/mol. The van der Waals surface area contributed by atoms with E-state index in [0.717, 1.165) is 16.1 Å². The molecule has 0 bridgehead atoms. The molecule has 2 amide bonds. The van der Waals surface area contributed by atoms with E-state index in [4.69, 9.17) is 9.47 Å². The maximum absolute atomic E-state index is 13.4. The molecular formula is C25H30N4O4S. The third-order valence-corrected chi connectivity index (χ3v) is 5.98. The lowest BCUT2D eigenvalue weighted by atomic mass is 10.2. The van der Waals surface area contributed by atoms with Crippen molar-refractivity contribution in [1.29, 1.82) is 0 Å². The number of likely N-dealkylation sites (N-methyl/N-ethyl adjacent to an activating group) is 1. The number of hydrogen-bond donors (Lipinski definition) is 1. The van der Waals surface area contributed by atoms with Crippen molar-refractivity contribution in [3.05, 3.63) is 66.1 Å². The summed E-state index contributed by atoms with van der Waals surface area (Å²) < 4.78 is 11.1. The van der Waals surface area contributed by atoms with Crippen molar-refractivity contribution < 1.29 is 19.1 Å². The molecule has 3 aromatic rings. The van der Waals surface area contributed by atoms with Crippen LogP contribution in [-0.4, -0.2) is 47.3 Å². The number of aromatic nitrogens is 2. The molecule has 8 nitrogen and oxygen atoms in total. The van der Waals surface area contributed by atoms with Crippen LogP contribution in [0.5, 0.6) is 0 Å². The molecule has 0 aliphatic carbocycles. The largest absolute Gasteiger partial charge is 0.444 e. The molecule has 3 rings (SSSR count). The standard InChI is InChI=1S/C25H30N4O4S/c1-17-23(34-21(27-17)19-12-9-13-26-14-19)29(5)22(30)20(28-24(31)33-25(2,3)4)16-32-15-18-10-7-6-8-11-18/h6-14,20H,15-16H2,1-5H3,(H,28,31)/t20-/m1/s1. The van der Waals surface area contributed by atoms with E-state index in [1.54, 1.807) is 40.2 Å². The summed E-state index contributed by atoms with van der Waals surface area (Å²) in [6.45, 7) is 7.45. The van der Waals surface area contributed by atoms with Crippen LogP contribution in [0.4, 0.5) is 9.80 Å². The zero-order chi connectivity index (χ0) is 24.7. The Morgan fingerprint density at radius 3 is 2.53 bits per heavy atom. The number of amides is 2. The van der Waals surface area contributed by atoms with E-state index in [0.29, 0.717) is 17.3 Å². The summed E-state index contributed by atoms with van der Waals surface area (Å²) in [5, 5.41) is 4.11. The van der Waals surface area contributed by atoms with Crippen LogP contribution in [0, 0.1) is 6.92 Å². The van der Waals surface area contributed by atoms with Gasteiger partial charge in [-0.1, -0.05) is 41.7 Å². The van der Waals surface area contributed by atoms with Gasteiger partial charge in [-0.3, -0.25) is 9.78 Å². The predicted octanol–water partition coefficient (Wildman–Crippen LogP) is 4.59. The Morgan fingerprint density at radius 1 is 1.15 bits per heavy atom. The summed E-state index contributed by atoms with van der Waals surface area (Å²) in [7, 11) is 1.66. The van der Waals surface area contributed by atoms with E-state index in [-0.39, 0.29) is 12.5 Å². The van der Waals surface area contributed by atoms with Gasteiger partial charge < -0.3 is 19.7 Å². The molecule has 0 spiro atoms. The highest BCUT2D eigenvalue weighted by atomic mass is 32.1. The van der Waals surface area contributed by atoms with Crippen LogP contribution >= 0.6 is 11.3 Å². The molecule has 1 aromatic carbocycles. The summed E-state index contributed by atoms with van der Waals surface area (Å²) >= 11 is 1.39. The van der Waals surface area contributed by atoms with Crippen molar-refractivity contribution in [3.63, 3.8) is 0 Å². The number of thiazole rings is 1. The van der Waals surface area contributed by atoms with Crippen LogP contribution in [-0.2, 0) is 20.9 Å². The Kier molecular flexibility index (Phi) is 8.36. The van der Waals surface area contributed by atoms with Crippen LogP contribution in [0.25, 0.3) is 10.6 Å². The molecular weight excluding hydrogens is 452 g/mol. The average molecular weight is 483 g/mol. The van der Waals surface area contributed by atoms with Gasteiger partial charge in [-0.15, -0.1) is 0 Å². The zero-order valence-corrected chi connectivity index (χ0v) is 20.9. The molecule has 0 saturated heterocycles. The number of aryl methyl sites for hydroxylation is 1. The highest BCUT2D eigenvalue weighted by Gasteiger charge is 2.29. The fraction of sp³-hybridized carbons (Fsp3) is 0.360.